The average molecular weight is 598 g/mol. The molecule has 0 aliphatic carbocycles. The molecule has 1 N–H and O–H groups in total. The van der Waals surface area contributed by atoms with Gasteiger partial charge in [0.1, 0.15) is 0 Å². The van der Waals surface area contributed by atoms with Crippen LogP contribution >= 0.6 is 0 Å². The normalized spacial score (nSPS) is 12.9. The topological polar surface area (TPSA) is 76.1 Å². The Labute approximate surface area is 261 Å². The van der Waals surface area contributed by atoms with Crippen molar-refractivity contribution in [2.45, 2.75) is 169 Å². The van der Waals surface area contributed by atoms with Crippen LogP contribution in [-0.4, -0.2) is 61.4 Å². The number of carbonyl (C=O) groups is 2. The summed E-state index contributed by atoms with van der Waals surface area (Å²) in [6, 6.07) is 0. The number of nitrogens with zero attached hydrogens (tertiary/aromatic N) is 1. The Kier molecular flexibility index (Phi) is 30.4. The molecule has 0 fully saturated rings. The second kappa shape index (κ2) is 31.3. The maximum atomic E-state index is 12.9. The minimum Gasteiger partial charge on any atom is -0.465 e. The standard InChI is InChI=1S/C36H71NO5/c1-5-8-11-14-15-16-19-26-34(25-18-13-10-7-3)36(40)42-32-23-21-28-37(29-30-38)27-20-22-31-41-35(39)33(4)24-17-12-9-6-2/h33-34,38H,5-32H2,1-4H3. The molecule has 0 amide bonds. The highest BCUT2D eigenvalue weighted by atomic mass is 16.5. The van der Waals surface area contributed by atoms with Gasteiger partial charge in [0.05, 0.1) is 31.7 Å². The Morgan fingerprint density at radius 1 is 0.548 bits per heavy atom. The van der Waals surface area contributed by atoms with Crippen LogP contribution in [0.3, 0.4) is 0 Å². The summed E-state index contributed by atoms with van der Waals surface area (Å²) in [5, 5.41) is 9.48. The van der Waals surface area contributed by atoms with Gasteiger partial charge >= 0.3 is 11.9 Å². The lowest BCUT2D eigenvalue weighted by atomic mass is 9.94. The predicted molar refractivity (Wildman–Crippen MR) is 177 cm³/mol. The number of ether oxygens (including phenoxy) is 2. The zero-order valence-corrected chi connectivity index (χ0v) is 28.5. The van der Waals surface area contributed by atoms with Crippen LogP contribution in [-0.2, 0) is 19.1 Å². The van der Waals surface area contributed by atoms with Crippen molar-refractivity contribution >= 4 is 11.9 Å². The van der Waals surface area contributed by atoms with E-state index in [4.69, 9.17) is 9.47 Å². The molecule has 6 nitrogen and oxygen atoms in total. The third-order valence-electron chi connectivity index (χ3n) is 8.43. The van der Waals surface area contributed by atoms with Crippen molar-refractivity contribution in [3.63, 3.8) is 0 Å². The molecule has 0 aliphatic heterocycles. The van der Waals surface area contributed by atoms with E-state index in [-0.39, 0.29) is 30.4 Å². The smallest absolute Gasteiger partial charge is 0.308 e. The van der Waals surface area contributed by atoms with E-state index < -0.39 is 0 Å². The number of aliphatic hydroxyl groups is 1. The van der Waals surface area contributed by atoms with E-state index in [1.807, 2.05) is 6.92 Å². The van der Waals surface area contributed by atoms with Crippen LogP contribution in [0.2, 0.25) is 0 Å². The van der Waals surface area contributed by atoms with Crippen molar-refractivity contribution in [3.05, 3.63) is 0 Å². The zero-order chi connectivity index (χ0) is 31.1. The fourth-order valence-corrected chi connectivity index (χ4v) is 5.50. The molecule has 2 unspecified atom stereocenters. The van der Waals surface area contributed by atoms with E-state index in [0.29, 0.717) is 19.8 Å². The number of aliphatic hydroxyl groups excluding tert-OH is 1. The molecule has 0 bridgehead atoms. The summed E-state index contributed by atoms with van der Waals surface area (Å²) in [4.78, 5) is 27.3. The highest BCUT2D eigenvalue weighted by Crippen LogP contribution is 2.21. The quantitative estimate of drug-likeness (QED) is 0.0615. The van der Waals surface area contributed by atoms with Gasteiger partial charge in [-0.3, -0.25) is 9.59 Å². The lowest BCUT2D eigenvalue weighted by Crippen LogP contribution is -2.29. The number of esters is 2. The van der Waals surface area contributed by atoms with E-state index in [1.165, 1.54) is 77.0 Å². The summed E-state index contributed by atoms with van der Waals surface area (Å²) in [6.07, 6.45) is 24.8. The van der Waals surface area contributed by atoms with E-state index in [0.717, 1.165) is 77.3 Å². The fraction of sp³-hybridized carbons (Fsp3) is 0.944. The molecule has 42 heavy (non-hydrogen) atoms. The summed E-state index contributed by atoms with van der Waals surface area (Å²) < 4.78 is 11.2. The molecule has 6 heteroatoms. The van der Waals surface area contributed by atoms with Gasteiger partial charge in [-0.25, -0.2) is 0 Å². The van der Waals surface area contributed by atoms with E-state index in [1.54, 1.807) is 0 Å². The minimum atomic E-state index is -0.0705. The van der Waals surface area contributed by atoms with Gasteiger partial charge in [-0.1, -0.05) is 124 Å². The molecule has 0 radical (unpaired) electrons. The van der Waals surface area contributed by atoms with Gasteiger partial charge in [0.2, 0.25) is 0 Å². The van der Waals surface area contributed by atoms with E-state index >= 15 is 0 Å². The maximum Gasteiger partial charge on any atom is 0.308 e. The van der Waals surface area contributed by atoms with Crippen molar-refractivity contribution in [2.75, 3.05) is 39.5 Å². The molecule has 2 atom stereocenters. The van der Waals surface area contributed by atoms with Crippen LogP contribution in [0.4, 0.5) is 0 Å². The van der Waals surface area contributed by atoms with Crippen LogP contribution < -0.4 is 0 Å². The number of hydrogen-bond acceptors (Lipinski definition) is 6. The van der Waals surface area contributed by atoms with Crippen LogP contribution in [0.25, 0.3) is 0 Å². The molecule has 250 valence electrons. The molecule has 0 spiro atoms. The Morgan fingerprint density at radius 3 is 1.48 bits per heavy atom. The zero-order valence-electron chi connectivity index (χ0n) is 28.5. The molecule has 0 aromatic carbocycles. The highest BCUT2D eigenvalue weighted by molar-refractivity contribution is 5.72. The maximum absolute atomic E-state index is 12.9. The summed E-state index contributed by atoms with van der Waals surface area (Å²) in [7, 11) is 0. The first-order valence-electron chi connectivity index (χ1n) is 18.2. The van der Waals surface area contributed by atoms with Crippen molar-refractivity contribution in [1.29, 1.82) is 0 Å². The van der Waals surface area contributed by atoms with Crippen LogP contribution in [0, 0.1) is 11.8 Å². The van der Waals surface area contributed by atoms with Crippen LogP contribution in [0.5, 0.6) is 0 Å². The number of rotatable bonds is 32. The molecule has 0 aromatic rings. The molecular weight excluding hydrogens is 526 g/mol. The van der Waals surface area contributed by atoms with Gasteiger partial charge in [0, 0.05) is 6.54 Å². The summed E-state index contributed by atoms with van der Waals surface area (Å²) in [5.74, 6) is -0.0200. The second-order valence-electron chi connectivity index (χ2n) is 12.5. The largest absolute Gasteiger partial charge is 0.465 e. The molecule has 0 aromatic heterocycles. The number of hydrogen-bond donors (Lipinski definition) is 1. The predicted octanol–water partition coefficient (Wildman–Crippen LogP) is 9.26. The van der Waals surface area contributed by atoms with E-state index in [2.05, 4.69) is 25.7 Å². The third kappa shape index (κ3) is 25.4. The van der Waals surface area contributed by atoms with Gasteiger partial charge in [-0.15, -0.1) is 0 Å². The summed E-state index contributed by atoms with van der Waals surface area (Å²) in [6.45, 7) is 12.1. The van der Waals surface area contributed by atoms with Gasteiger partial charge < -0.3 is 19.5 Å². The van der Waals surface area contributed by atoms with Gasteiger partial charge in [0.25, 0.3) is 0 Å². The Morgan fingerprint density at radius 2 is 0.976 bits per heavy atom. The lowest BCUT2D eigenvalue weighted by Gasteiger charge is -2.21. The first kappa shape index (κ1) is 40.9. The first-order chi connectivity index (χ1) is 20.5. The van der Waals surface area contributed by atoms with Crippen LogP contribution in [0.15, 0.2) is 0 Å². The number of unbranched alkanes of at least 4 members (excludes halogenated alkanes) is 14. The second-order valence-corrected chi connectivity index (χ2v) is 12.5. The van der Waals surface area contributed by atoms with Crippen LogP contribution in [0.1, 0.15) is 169 Å². The summed E-state index contributed by atoms with van der Waals surface area (Å²) >= 11 is 0. The Hall–Kier alpha value is -1.14. The van der Waals surface area contributed by atoms with E-state index in [9.17, 15) is 14.7 Å². The monoisotopic (exact) mass is 598 g/mol. The Balaban J connectivity index is 4.19. The fourth-order valence-electron chi connectivity index (χ4n) is 5.50. The van der Waals surface area contributed by atoms with Gasteiger partial charge in [0.15, 0.2) is 0 Å². The van der Waals surface area contributed by atoms with Gasteiger partial charge in [-0.2, -0.15) is 0 Å². The van der Waals surface area contributed by atoms with Crippen molar-refractivity contribution in [1.82, 2.24) is 4.90 Å². The SMILES string of the molecule is CCCCCCCCCC(CCCCCC)C(=O)OCCCCN(CCO)CCCCOC(=O)C(C)CCCCCC. The molecule has 0 rings (SSSR count). The average Bonchev–Trinajstić information content (AvgIpc) is 2.99. The Bertz CT molecular complexity index is 599. The molecule has 0 saturated carbocycles. The number of carbonyl (C=O) groups excluding carboxylic acids is 2. The first-order valence-corrected chi connectivity index (χ1v) is 18.2. The molecule has 0 heterocycles. The summed E-state index contributed by atoms with van der Waals surface area (Å²) in [5.41, 5.74) is 0. The third-order valence-corrected chi connectivity index (χ3v) is 8.43. The van der Waals surface area contributed by atoms with Crippen molar-refractivity contribution in [3.8, 4) is 0 Å². The van der Waals surface area contributed by atoms with Crippen molar-refractivity contribution < 1.29 is 24.2 Å². The minimum absolute atomic E-state index is 0.00882. The van der Waals surface area contributed by atoms with Gasteiger partial charge in [-0.05, 0) is 58.0 Å². The van der Waals surface area contributed by atoms with Crippen molar-refractivity contribution in [2.24, 2.45) is 11.8 Å². The lowest BCUT2D eigenvalue weighted by molar-refractivity contribution is -0.149. The molecular formula is C36H71NO5. The molecule has 0 saturated heterocycles. The molecule has 0 aliphatic rings. The highest BCUT2D eigenvalue weighted by Gasteiger charge is 2.19.